The highest BCUT2D eigenvalue weighted by Crippen LogP contribution is 2.52. The predicted octanol–water partition coefficient (Wildman–Crippen LogP) is 21.3. The lowest BCUT2D eigenvalue weighted by Crippen LogP contribution is -2.17. The molecule has 1 aliphatic rings. The van der Waals surface area contributed by atoms with Gasteiger partial charge in [-0.05, 0) is 141 Å². The van der Waals surface area contributed by atoms with Crippen molar-refractivity contribution in [3.8, 4) is 44.5 Å². The van der Waals surface area contributed by atoms with Crippen LogP contribution in [0.4, 0.5) is 17.1 Å². The van der Waals surface area contributed by atoms with Gasteiger partial charge in [-0.15, -0.1) is 0 Å². The van der Waals surface area contributed by atoms with E-state index in [2.05, 4.69) is 286 Å². The molecular formula is C75H51NO. The average molecular weight is 982 g/mol. The second kappa shape index (κ2) is 17.7. The first-order chi connectivity index (χ1) is 38.0. The Bertz CT molecular complexity index is 4690. The van der Waals surface area contributed by atoms with Gasteiger partial charge in [0.15, 0.2) is 0 Å². The maximum Gasteiger partial charge on any atom is 0.143 e. The number of rotatable bonds is 6. The molecule has 14 aromatic rings. The van der Waals surface area contributed by atoms with Crippen LogP contribution in [0.1, 0.15) is 25.0 Å². The van der Waals surface area contributed by atoms with E-state index >= 15 is 0 Å². The van der Waals surface area contributed by atoms with Gasteiger partial charge < -0.3 is 9.32 Å². The van der Waals surface area contributed by atoms with E-state index in [0.29, 0.717) is 0 Å². The van der Waals surface area contributed by atoms with Crippen LogP contribution < -0.4 is 4.90 Å². The van der Waals surface area contributed by atoms with Crippen LogP contribution in [0.15, 0.2) is 277 Å². The Labute approximate surface area is 447 Å². The number of furan rings is 1. The van der Waals surface area contributed by atoms with Crippen molar-refractivity contribution in [2.45, 2.75) is 19.3 Å². The highest BCUT2D eigenvalue weighted by Gasteiger charge is 2.36. The van der Waals surface area contributed by atoms with Crippen molar-refractivity contribution < 1.29 is 4.42 Å². The molecule has 2 heteroatoms. The van der Waals surface area contributed by atoms with Gasteiger partial charge in [0.1, 0.15) is 11.2 Å². The zero-order valence-electron chi connectivity index (χ0n) is 42.8. The Morgan fingerprint density at radius 2 is 0.740 bits per heavy atom. The molecule has 362 valence electrons. The van der Waals surface area contributed by atoms with E-state index in [1.807, 2.05) is 6.07 Å². The molecule has 2 nitrogen and oxygen atoms in total. The van der Waals surface area contributed by atoms with Gasteiger partial charge in [0.2, 0.25) is 0 Å². The monoisotopic (exact) mass is 981 g/mol. The molecule has 1 heterocycles. The van der Waals surface area contributed by atoms with Crippen molar-refractivity contribution in [1.82, 2.24) is 0 Å². The van der Waals surface area contributed by atoms with Crippen LogP contribution in [-0.4, -0.2) is 0 Å². The fourth-order valence-electron chi connectivity index (χ4n) is 12.9. The van der Waals surface area contributed by atoms with E-state index < -0.39 is 0 Å². The normalized spacial score (nSPS) is 12.6. The highest BCUT2D eigenvalue weighted by molar-refractivity contribution is 6.28. The first-order valence-corrected chi connectivity index (χ1v) is 26.7. The third-order valence-electron chi connectivity index (χ3n) is 16.5. The minimum Gasteiger partial charge on any atom is -0.455 e. The fourth-order valence-corrected chi connectivity index (χ4v) is 12.9. The molecule has 0 saturated heterocycles. The second-order valence-corrected chi connectivity index (χ2v) is 21.1. The van der Waals surface area contributed by atoms with Gasteiger partial charge in [0.25, 0.3) is 0 Å². The number of hydrogen-bond acceptors (Lipinski definition) is 2. The van der Waals surface area contributed by atoms with Crippen LogP contribution in [-0.2, 0) is 5.41 Å². The van der Waals surface area contributed by atoms with Gasteiger partial charge in [-0.2, -0.15) is 0 Å². The summed E-state index contributed by atoms with van der Waals surface area (Å²) in [5.41, 5.74) is 16.9. The Balaban J connectivity index is 0.973. The first kappa shape index (κ1) is 44.7. The Kier molecular flexibility index (Phi) is 10.3. The molecule has 0 fully saturated rings. The zero-order valence-corrected chi connectivity index (χ0v) is 42.8. The van der Waals surface area contributed by atoms with Gasteiger partial charge in [-0.25, -0.2) is 0 Å². The van der Waals surface area contributed by atoms with E-state index in [0.717, 1.165) is 66.8 Å². The van der Waals surface area contributed by atoms with Gasteiger partial charge in [-0.1, -0.05) is 244 Å². The molecule has 0 unspecified atom stereocenters. The number of fused-ring (bicyclic) bond motifs is 16. The lowest BCUT2D eigenvalue weighted by molar-refractivity contribution is 0.660. The Hall–Kier alpha value is -9.76. The van der Waals surface area contributed by atoms with Crippen molar-refractivity contribution in [2.75, 3.05) is 4.90 Å². The van der Waals surface area contributed by atoms with E-state index in [1.165, 1.54) is 81.7 Å². The molecule has 0 amide bonds. The summed E-state index contributed by atoms with van der Waals surface area (Å²) in [5, 5.41) is 14.4. The van der Waals surface area contributed by atoms with Crippen molar-refractivity contribution in [2.24, 2.45) is 0 Å². The molecule has 0 N–H and O–H groups in total. The quantitative estimate of drug-likeness (QED) is 0.165. The number of hydrogen-bond donors (Lipinski definition) is 0. The maximum absolute atomic E-state index is 6.65. The largest absolute Gasteiger partial charge is 0.455 e. The standard InChI is InChI=1S/C75H51NO/c1-75(2)69-36-16-14-29-62(69)63-44-43-52(47-70(63)75)76(71-45-40-50(46-68(71)48-20-4-3-5-21-48)54-33-19-35-67-64-30-15-17-37-72(64)77-74(54)67)51-41-38-49(39-42-51)53-32-18-34-66-61-27-11-10-26-59(61)57-23-7-6-22-55(57)56-24-8-9-25-58(56)60-28-12-13-31-65(60)73(53)66/h3-47H,1-2H3. The molecule has 77 heavy (non-hydrogen) atoms. The number of benzene rings is 12. The fraction of sp³-hybridized carbons (Fsp3) is 0.0400. The van der Waals surface area contributed by atoms with Crippen molar-refractivity contribution in [3.63, 3.8) is 0 Å². The third-order valence-corrected chi connectivity index (χ3v) is 16.5. The molecule has 15 rings (SSSR count). The molecular weight excluding hydrogens is 931 g/mol. The highest BCUT2D eigenvalue weighted by atomic mass is 16.3. The first-order valence-electron chi connectivity index (χ1n) is 26.7. The molecule has 0 atom stereocenters. The summed E-state index contributed by atoms with van der Waals surface area (Å²) in [7, 11) is 0. The van der Waals surface area contributed by atoms with Crippen LogP contribution in [0.2, 0.25) is 0 Å². The number of nitrogens with zero attached hydrogens (tertiary/aromatic N) is 1. The van der Waals surface area contributed by atoms with E-state index in [1.54, 1.807) is 0 Å². The number of anilines is 3. The van der Waals surface area contributed by atoms with E-state index in [-0.39, 0.29) is 5.41 Å². The molecule has 1 aliphatic carbocycles. The van der Waals surface area contributed by atoms with Crippen LogP contribution >= 0.6 is 0 Å². The average Bonchev–Trinajstić information content (AvgIpc) is 4.11. The SMILES string of the molecule is CC1(C)c2ccccc2-c2ccc(N(c3ccc(-c4cccc5c6ccccc6c6ccccc6c6ccccc6c6ccccc6c45)cc3)c3ccc(-c4cccc5c4oc4ccccc45)cc3-c3ccccc3)cc21. The molecule has 13 aromatic carbocycles. The van der Waals surface area contributed by atoms with Crippen molar-refractivity contribution in [1.29, 1.82) is 0 Å². The van der Waals surface area contributed by atoms with Gasteiger partial charge >= 0.3 is 0 Å². The molecule has 1 aromatic heterocycles. The summed E-state index contributed by atoms with van der Waals surface area (Å²) >= 11 is 0. The molecule has 0 bridgehead atoms. The topological polar surface area (TPSA) is 16.4 Å². The summed E-state index contributed by atoms with van der Waals surface area (Å²) in [4.78, 5) is 2.47. The van der Waals surface area contributed by atoms with E-state index in [9.17, 15) is 0 Å². The van der Waals surface area contributed by atoms with Crippen LogP contribution in [0.5, 0.6) is 0 Å². The van der Waals surface area contributed by atoms with Gasteiger partial charge in [-0.3, -0.25) is 0 Å². The molecule has 0 aliphatic heterocycles. The Morgan fingerprint density at radius 3 is 1.39 bits per heavy atom. The summed E-state index contributed by atoms with van der Waals surface area (Å²) in [6.07, 6.45) is 0. The molecule has 0 radical (unpaired) electrons. The molecule has 0 spiro atoms. The van der Waals surface area contributed by atoms with Crippen molar-refractivity contribution in [3.05, 3.63) is 284 Å². The predicted molar refractivity (Wildman–Crippen MR) is 327 cm³/mol. The maximum atomic E-state index is 6.65. The lowest BCUT2D eigenvalue weighted by atomic mass is 9.82. The van der Waals surface area contributed by atoms with Gasteiger partial charge in [0.05, 0.1) is 5.69 Å². The summed E-state index contributed by atoms with van der Waals surface area (Å²) < 4.78 is 6.65. The minimum absolute atomic E-state index is 0.186. The zero-order chi connectivity index (χ0) is 51.2. The van der Waals surface area contributed by atoms with Crippen LogP contribution in [0.25, 0.3) is 120 Å². The summed E-state index contributed by atoms with van der Waals surface area (Å²) in [6.45, 7) is 4.73. The number of para-hydroxylation sites is 2. The van der Waals surface area contributed by atoms with Crippen LogP contribution in [0, 0.1) is 0 Å². The summed E-state index contributed by atoms with van der Waals surface area (Å²) in [6, 6.07) is 101. The summed E-state index contributed by atoms with van der Waals surface area (Å²) in [5.74, 6) is 0. The van der Waals surface area contributed by atoms with E-state index in [4.69, 9.17) is 4.42 Å². The Morgan fingerprint density at radius 1 is 0.286 bits per heavy atom. The third kappa shape index (κ3) is 7.10. The van der Waals surface area contributed by atoms with Crippen LogP contribution in [0.3, 0.4) is 0 Å². The van der Waals surface area contributed by atoms with Gasteiger partial charge in [0, 0.05) is 38.7 Å². The van der Waals surface area contributed by atoms with Crippen molar-refractivity contribution >= 4 is 92.9 Å². The smallest absolute Gasteiger partial charge is 0.143 e. The second-order valence-electron chi connectivity index (χ2n) is 21.1. The molecule has 0 saturated carbocycles. The minimum atomic E-state index is -0.186. The lowest BCUT2D eigenvalue weighted by Gasteiger charge is -2.30.